The van der Waals surface area contributed by atoms with E-state index in [0.29, 0.717) is 21.5 Å². The third-order valence-electron chi connectivity index (χ3n) is 2.78. The van der Waals surface area contributed by atoms with Crippen molar-refractivity contribution in [1.82, 2.24) is 0 Å². The fraction of sp³-hybridized carbons (Fsp3) is 0.125. The van der Waals surface area contributed by atoms with Crippen molar-refractivity contribution < 1.29 is 14.4 Å². The molecule has 0 saturated heterocycles. The van der Waals surface area contributed by atoms with Crippen molar-refractivity contribution in [2.45, 2.75) is 0 Å². The molecule has 0 unspecified atom stereocenters. The van der Waals surface area contributed by atoms with Gasteiger partial charge in [0.05, 0.1) is 18.3 Å². The Labute approximate surface area is 143 Å². The van der Waals surface area contributed by atoms with E-state index in [0.717, 1.165) is 5.56 Å². The largest absolute Gasteiger partial charge is 0.495 e. The van der Waals surface area contributed by atoms with E-state index in [1.165, 1.54) is 13.3 Å². The first kappa shape index (κ1) is 17.1. The van der Waals surface area contributed by atoms with Crippen LogP contribution in [0.5, 0.6) is 5.75 Å². The number of anilines is 1. The van der Waals surface area contributed by atoms with Crippen molar-refractivity contribution in [2.75, 3.05) is 19.0 Å². The Morgan fingerprint density at radius 2 is 1.96 bits per heavy atom. The molecule has 0 bridgehead atoms. The number of hydrogen-bond acceptors (Lipinski definition) is 4. The molecule has 0 spiro atoms. The van der Waals surface area contributed by atoms with E-state index in [-0.39, 0.29) is 12.5 Å². The molecule has 7 heteroatoms. The number of methoxy groups -OCH3 is 1. The van der Waals surface area contributed by atoms with Gasteiger partial charge in [-0.1, -0.05) is 40.5 Å². The van der Waals surface area contributed by atoms with Crippen LogP contribution in [0.2, 0.25) is 10.0 Å². The predicted molar refractivity (Wildman–Crippen MR) is 91.6 cm³/mol. The Kier molecular flexibility index (Phi) is 6.26. The molecule has 0 fully saturated rings. The van der Waals surface area contributed by atoms with E-state index in [1.807, 2.05) is 0 Å². The standard InChI is InChI=1S/C16H14Cl2N2O3/c1-22-15-7-6-13(8-14(15)18)20-16(21)10-23-19-9-11-2-4-12(17)5-3-11/h2-9H,10H2,1H3,(H,20,21)/b19-9-. The minimum atomic E-state index is -0.348. The second kappa shape index (κ2) is 8.41. The fourth-order valence-electron chi connectivity index (χ4n) is 1.68. The first-order valence-corrected chi connectivity index (χ1v) is 7.38. The summed E-state index contributed by atoms with van der Waals surface area (Å²) in [5, 5.41) is 7.42. The average molecular weight is 353 g/mol. The van der Waals surface area contributed by atoms with E-state index in [1.54, 1.807) is 42.5 Å². The molecule has 23 heavy (non-hydrogen) atoms. The lowest BCUT2D eigenvalue weighted by molar-refractivity contribution is -0.120. The summed E-state index contributed by atoms with van der Waals surface area (Å²) in [5.74, 6) is 0.188. The molecule has 0 aromatic heterocycles. The fourth-order valence-corrected chi connectivity index (χ4v) is 2.07. The molecule has 0 aliphatic rings. The lowest BCUT2D eigenvalue weighted by Gasteiger charge is -2.07. The molecule has 5 nitrogen and oxygen atoms in total. The van der Waals surface area contributed by atoms with Gasteiger partial charge in [0.25, 0.3) is 5.91 Å². The van der Waals surface area contributed by atoms with Crippen molar-refractivity contribution >= 4 is 41.0 Å². The van der Waals surface area contributed by atoms with E-state index < -0.39 is 0 Å². The molecule has 0 saturated carbocycles. The number of nitrogens with one attached hydrogen (secondary N) is 1. The highest BCUT2D eigenvalue weighted by Crippen LogP contribution is 2.27. The van der Waals surface area contributed by atoms with Gasteiger partial charge in [-0.05, 0) is 35.9 Å². The van der Waals surface area contributed by atoms with Crippen molar-refractivity contribution in [2.24, 2.45) is 5.16 Å². The van der Waals surface area contributed by atoms with Gasteiger partial charge >= 0.3 is 0 Å². The number of carbonyl (C=O) groups excluding carboxylic acids is 1. The minimum Gasteiger partial charge on any atom is -0.495 e. The Balaban J connectivity index is 1.81. The molecule has 0 radical (unpaired) electrons. The first-order chi connectivity index (χ1) is 11.1. The van der Waals surface area contributed by atoms with Gasteiger partial charge in [0.2, 0.25) is 0 Å². The van der Waals surface area contributed by atoms with Gasteiger partial charge in [0, 0.05) is 10.7 Å². The van der Waals surface area contributed by atoms with Crippen LogP contribution in [0.1, 0.15) is 5.56 Å². The number of amides is 1. The van der Waals surface area contributed by atoms with Crippen LogP contribution in [0.15, 0.2) is 47.6 Å². The number of rotatable bonds is 6. The van der Waals surface area contributed by atoms with Crippen LogP contribution >= 0.6 is 23.2 Å². The Morgan fingerprint density at radius 1 is 1.22 bits per heavy atom. The predicted octanol–water partition coefficient (Wildman–Crippen LogP) is 3.99. The molecule has 0 heterocycles. The zero-order valence-electron chi connectivity index (χ0n) is 12.3. The number of oxime groups is 1. The molecule has 1 N–H and O–H groups in total. The summed E-state index contributed by atoms with van der Waals surface area (Å²) in [6, 6.07) is 12.0. The maximum atomic E-state index is 11.7. The molecule has 2 rings (SSSR count). The van der Waals surface area contributed by atoms with Gasteiger partial charge in [0.1, 0.15) is 5.75 Å². The van der Waals surface area contributed by atoms with Crippen molar-refractivity contribution in [3.05, 3.63) is 58.1 Å². The summed E-state index contributed by atoms with van der Waals surface area (Å²) in [4.78, 5) is 16.7. The molecule has 2 aromatic carbocycles. The maximum absolute atomic E-state index is 11.7. The van der Waals surface area contributed by atoms with Crippen LogP contribution in [0, 0.1) is 0 Å². The molecule has 1 amide bonds. The van der Waals surface area contributed by atoms with Crippen LogP contribution in [0.3, 0.4) is 0 Å². The van der Waals surface area contributed by atoms with Crippen LogP contribution in [-0.4, -0.2) is 25.8 Å². The van der Waals surface area contributed by atoms with Gasteiger partial charge in [-0.25, -0.2) is 0 Å². The lowest BCUT2D eigenvalue weighted by Crippen LogP contribution is -2.16. The number of nitrogens with zero attached hydrogens (tertiary/aromatic N) is 1. The summed E-state index contributed by atoms with van der Waals surface area (Å²) in [7, 11) is 1.52. The molecule has 2 aromatic rings. The molecular formula is C16H14Cl2N2O3. The van der Waals surface area contributed by atoms with Crippen molar-refractivity contribution in [3.63, 3.8) is 0 Å². The number of benzene rings is 2. The summed E-state index contributed by atoms with van der Waals surface area (Å²) < 4.78 is 5.04. The second-order valence-electron chi connectivity index (χ2n) is 4.46. The molecular weight excluding hydrogens is 339 g/mol. The van der Waals surface area contributed by atoms with Crippen molar-refractivity contribution in [3.8, 4) is 5.75 Å². The van der Waals surface area contributed by atoms with Gasteiger partial charge in [-0.2, -0.15) is 0 Å². The molecule has 120 valence electrons. The topological polar surface area (TPSA) is 59.9 Å². The number of ether oxygens (including phenoxy) is 1. The number of hydrogen-bond donors (Lipinski definition) is 1. The van der Waals surface area contributed by atoms with Gasteiger partial charge in [0.15, 0.2) is 6.61 Å². The molecule has 0 aliphatic heterocycles. The molecule has 0 aliphatic carbocycles. The van der Waals surface area contributed by atoms with Crippen LogP contribution in [0.25, 0.3) is 0 Å². The quantitative estimate of drug-likeness (QED) is 0.631. The lowest BCUT2D eigenvalue weighted by atomic mass is 10.2. The Morgan fingerprint density at radius 3 is 2.61 bits per heavy atom. The third-order valence-corrected chi connectivity index (χ3v) is 3.32. The second-order valence-corrected chi connectivity index (χ2v) is 5.30. The summed E-state index contributed by atoms with van der Waals surface area (Å²) in [5.41, 5.74) is 1.36. The van der Waals surface area contributed by atoms with E-state index in [2.05, 4.69) is 10.5 Å². The van der Waals surface area contributed by atoms with Gasteiger partial charge in [-0.15, -0.1) is 0 Å². The van der Waals surface area contributed by atoms with E-state index in [9.17, 15) is 4.79 Å². The molecule has 0 atom stereocenters. The number of halogens is 2. The van der Waals surface area contributed by atoms with Crippen molar-refractivity contribution in [1.29, 1.82) is 0 Å². The monoisotopic (exact) mass is 352 g/mol. The maximum Gasteiger partial charge on any atom is 0.265 e. The van der Waals surface area contributed by atoms with Crippen LogP contribution in [-0.2, 0) is 9.63 Å². The van der Waals surface area contributed by atoms with E-state index >= 15 is 0 Å². The van der Waals surface area contributed by atoms with Crippen LogP contribution < -0.4 is 10.1 Å². The number of carbonyl (C=O) groups is 1. The normalized spacial score (nSPS) is 10.6. The highest BCUT2D eigenvalue weighted by Gasteiger charge is 2.06. The van der Waals surface area contributed by atoms with E-state index in [4.69, 9.17) is 32.8 Å². The van der Waals surface area contributed by atoms with Gasteiger partial charge in [-0.3, -0.25) is 4.79 Å². The highest BCUT2D eigenvalue weighted by atomic mass is 35.5. The highest BCUT2D eigenvalue weighted by molar-refractivity contribution is 6.32. The Hall–Kier alpha value is -2.24. The zero-order chi connectivity index (χ0) is 16.7. The zero-order valence-corrected chi connectivity index (χ0v) is 13.8. The smallest absolute Gasteiger partial charge is 0.265 e. The average Bonchev–Trinajstić information content (AvgIpc) is 2.53. The summed E-state index contributed by atoms with van der Waals surface area (Å²) in [6.45, 7) is -0.215. The Bertz CT molecular complexity index is 703. The van der Waals surface area contributed by atoms with Gasteiger partial charge < -0.3 is 14.9 Å². The first-order valence-electron chi connectivity index (χ1n) is 6.63. The third kappa shape index (κ3) is 5.47. The SMILES string of the molecule is COc1ccc(NC(=O)CO/N=C\c2ccc(Cl)cc2)cc1Cl. The van der Waals surface area contributed by atoms with Crippen LogP contribution in [0.4, 0.5) is 5.69 Å². The summed E-state index contributed by atoms with van der Waals surface area (Å²) in [6.07, 6.45) is 1.49. The minimum absolute atomic E-state index is 0.215. The summed E-state index contributed by atoms with van der Waals surface area (Å²) >= 11 is 11.8.